The van der Waals surface area contributed by atoms with Gasteiger partial charge in [-0.25, -0.2) is 8.42 Å². The maximum Gasteiger partial charge on any atom is 0.264 e. The van der Waals surface area contributed by atoms with Crippen molar-refractivity contribution in [3.8, 4) is 5.75 Å². The highest BCUT2D eigenvalue weighted by Gasteiger charge is 2.35. The molecule has 0 aromatic heterocycles. The molecule has 10 heteroatoms. The number of nitrogens with zero attached hydrogens (tertiary/aromatic N) is 2. The zero-order valence-electron chi connectivity index (χ0n) is 26.4. The fourth-order valence-electron chi connectivity index (χ4n) is 5.07. The van der Waals surface area contributed by atoms with Gasteiger partial charge in [0, 0.05) is 24.0 Å². The van der Waals surface area contributed by atoms with Crippen LogP contribution in [0.1, 0.15) is 36.5 Å². The normalized spacial score (nSPS) is 11.8. The van der Waals surface area contributed by atoms with Crippen molar-refractivity contribution in [3.63, 3.8) is 0 Å². The van der Waals surface area contributed by atoms with Crippen LogP contribution in [0.15, 0.2) is 112 Å². The van der Waals surface area contributed by atoms with Crippen molar-refractivity contribution in [3.05, 3.63) is 124 Å². The van der Waals surface area contributed by atoms with Gasteiger partial charge in [-0.2, -0.15) is 0 Å². The second kappa shape index (κ2) is 16.4. The van der Waals surface area contributed by atoms with Gasteiger partial charge in [0.25, 0.3) is 10.0 Å². The average Bonchev–Trinajstić information content (AvgIpc) is 3.06. The van der Waals surface area contributed by atoms with Crippen molar-refractivity contribution in [2.75, 3.05) is 24.5 Å². The number of benzene rings is 4. The van der Waals surface area contributed by atoms with Gasteiger partial charge in [0.05, 0.1) is 17.7 Å². The first-order valence-corrected chi connectivity index (χ1v) is 17.4. The van der Waals surface area contributed by atoms with Crippen LogP contribution in [0.3, 0.4) is 0 Å². The maximum atomic E-state index is 14.6. The quantitative estimate of drug-likeness (QED) is 0.142. The number of rotatable bonds is 15. The number of unbranched alkanes of at least 4 members (excludes halogenated alkanes) is 1. The van der Waals surface area contributed by atoms with E-state index in [4.69, 9.17) is 4.74 Å². The summed E-state index contributed by atoms with van der Waals surface area (Å²) in [4.78, 5) is 30.0. The van der Waals surface area contributed by atoms with Crippen molar-refractivity contribution in [2.45, 2.75) is 50.6 Å². The largest absolute Gasteiger partial charge is 0.495 e. The van der Waals surface area contributed by atoms with Crippen LogP contribution in [0, 0.1) is 6.92 Å². The van der Waals surface area contributed by atoms with E-state index in [1.54, 1.807) is 30.3 Å². The van der Waals surface area contributed by atoms with Crippen molar-refractivity contribution < 1.29 is 22.7 Å². The molecular formula is C36H40BrN3O5S. The average molecular weight is 707 g/mol. The molecule has 0 spiro atoms. The summed E-state index contributed by atoms with van der Waals surface area (Å²) >= 11 is 3.46. The Balaban J connectivity index is 1.82. The highest BCUT2D eigenvalue weighted by Crippen LogP contribution is 2.34. The van der Waals surface area contributed by atoms with Gasteiger partial charge in [0.1, 0.15) is 18.3 Å². The van der Waals surface area contributed by atoms with Gasteiger partial charge in [-0.05, 0) is 66.4 Å². The van der Waals surface area contributed by atoms with Crippen molar-refractivity contribution in [1.29, 1.82) is 0 Å². The highest BCUT2D eigenvalue weighted by molar-refractivity contribution is 9.10. The number of aryl methyl sites for hydroxylation is 1. The van der Waals surface area contributed by atoms with Crippen LogP contribution < -0.4 is 14.4 Å². The Labute approximate surface area is 280 Å². The standard InChI is InChI=1S/C36H40BrN3O5S/c1-4-5-22-38-36(42)33(24-28-12-8-6-9-13-28)39(25-29-17-19-30(37)20-18-29)35(41)26-40(32-23-27(2)16-21-34(32)45-3)46(43,44)31-14-10-7-11-15-31/h6-21,23,33H,4-5,22,24-26H2,1-3H3,(H,38,42). The van der Waals surface area contributed by atoms with E-state index in [-0.39, 0.29) is 29.5 Å². The van der Waals surface area contributed by atoms with Gasteiger partial charge in [0.2, 0.25) is 11.8 Å². The molecule has 1 unspecified atom stereocenters. The molecule has 0 saturated heterocycles. The third-order valence-electron chi connectivity index (χ3n) is 7.58. The number of halogens is 1. The summed E-state index contributed by atoms with van der Waals surface area (Å²) in [5, 5.41) is 3.01. The van der Waals surface area contributed by atoms with E-state index < -0.39 is 28.5 Å². The van der Waals surface area contributed by atoms with Crippen LogP contribution in [0.4, 0.5) is 5.69 Å². The van der Waals surface area contributed by atoms with Crippen molar-refractivity contribution in [2.24, 2.45) is 0 Å². The van der Waals surface area contributed by atoms with Gasteiger partial charge in [-0.1, -0.05) is 96.0 Å². The van der Waals surface area contributed by atoms with Crippen LogP contribution in [-0.4, -0.2) is 51.4 Å². The lowest BCUT2D eigenvalue weighted by Gasteiger charge is -2.34. The van der Waals surface area contributed by atoms with Crippen LogP contribution >= 0.6 is 15.9 Å². The number of hydrogen-bond acceptors (Lipinski definition) is 5. The van der Waals surface area contributed by atoms with E-state index in [0.717, 1.165) is 38.3 Å². The van der Waals surface area contributed by atoms with Crippen LogP contribution in [0.5, 0.6) is 5.75 Å². The summed E-state index contributed by atoms with van der Waals surface area (Å²) in [7, 11) is -2.78. The molecule has 1 atom stereocenters. The van der Waals surface area contributed by atoms with E-state index in [1.165, 1.54) is 24.1 Å². The fraction of sp³-hybridized carbons (Fsp3) is 0.278. The second-order valence-electron chi connectivity index (χ2n) is 11.0. The molecule has 2 amide bonds. The number of methoxy groups -OCH3 is 1. The Bertz CT molecular complexity index is 1700. The zero-order valence-corrected chi connectivity index (χ0v) is 28.8. The summed E-state index contributed by atoms with van der Waals surface area (Å²) in [5.74, 6) is -0.526. The first-order valence-electron chi connectivity index (χ1n) is 15.2. The molecule has 46 heavy (non-hydrogen) atoms. The number of ether oxygens (including phenoxy) is 1. The van der Waals surface area contributed by atoms with Gasteiger partial charge in [-0.3, -0.25) is 13.9 Å². The number of carbonyl (C=O) groups is 2. The molecule has 0 saturated carbocycles. The molecule has 0 aliphatic heterocycles. The minimum atomic E-state index is -4.23. The lowest BCUT2D eigenvalue weighted by Crippen LogP contribution is -2.53. The van der Waals surface area contributed by atoms with Gasteiger partial charge in [0.15, 0.2) is 0 Å². The topological polar surface area (TPSA) is 96.0 Å². The van der Waals surface area contributed by atoms with E-state index in [1.807, 2.05) is 74.5 Å². The molecule has 242 valence electrons. The molecule has 0 fully saturated rings. The van der Waals surface area contributed by atoms with E-state index in [9.17, 15) is 18.0 Å². The Kier molecular flexibility index (Phi) is 12.4. The van der Waals surface area contributed by atoms with E-state index in [2.05, 4.69) is 21.2 Å². The number of amides is 2. The predicted molar refractivity (Wildman–Crippen MR) is 185 cm³/mol. The SMILES string of the molecule is CCCCNC(=O)C(Cc1ccccc1)N(Cc1ccc(Br)cc1)C(=O)CN(c1cc(C)ccc1OC)S(=O)(=O)c1ccccc1. The molecule has 0 radical (unpaired) electrons. The number of nitrogens with one attached hydrogen (secondary N) is 1. The molecule has 0 aliphatic rings. The smallest absolute Gasteiger partial charge is 0.264 e. The van der Waals surface area contributed by atoms with Gasteiger partial charge >= 0.3 is 0 Å². The van der Waals surface area contributed by atoms with Crippen LogP contribution in [-0.2, 0) is 32.6 Å². The molecule has 0 heterocycles. The number of carbonyl (C=O) groups excluding carboxylic acids is 2. The van der Waals surface area contributed by atoms with E-state index in [0.29, 0.717) is 12.3 Å². The van der Waals surface area contributed by atoms with Crippen molar-refractivity contribution in [1.82, 2.24) is 10.2 Å². The molecule has 0 aliphatic carbocycles. The van der Waals surface area contributed by atoms with Crippen LogP contribution in [0.2, 0.25) is 0 Å². The Morgan fingerprint density at radius 2 is 1.54 bits per heavy atom. The third-order valence-corrected chi connectivity index (χ3v) is 9.88. The summed E-state index contributed by atoms with van der Waals surface area (Å²) in [6, 6.07) is 29.3. The number of anilines is 1. The molecule has 1 N–H and O–H groups in total. The van der Waals surface area contributed by atoms with Crippen molar-refractivity contribution >= 4 is 43.5 Å². The first-order chi connectivity index (χ1) is 22.1. The van der Waals surface area contributed by atoms with Gasteiger partial charge in [-0.15, -0.1) is 0 Å². The van der Waals surface area contributed by atoms with E-state index >= 15 is 0 Å². The third kappa shape index (κ3) is 8.98. The lowest BCUT2D eigenvalue weighted by molar-refractivity contribution is -0.140. The fourth-order valence-corrected chi connectivity index (χ4v) is 6.78. The first kappa shape index (κ1) is 34.7. The molecule has 0 bridgehead atoms. The summed E-state index contributed by atoms with van der Waals surface area (Å²) in [6.07, 6.45) is 1.94. The zero-order chi connectivity index (χ0) is 33.1. The maximum absolute atomic E-state index is 14.6. The monoisotopic (exact) mass is 705 g/mol. The summed E-state index contributed by atoms with van der Waals surface area (Å²) in [6.45, 7) is 3.89. The van der Waals surface area contributed by atoms with Gasteiger partial charge < -0.3 is 15.0 Å². The summed E-state index contributed by atoms with van der Waals surface area (Å²) in [5.41, 5.74) is 2.69. The minimum Gasteiger partial charge on any atom is -0.495 e. The summed E-state index contributed by atoms with van der Waals surface area (Å²) < 4.78 is 36.0. The Morgan fingerprint density at radius 1 is 0.891 bits per heavy atom. The Hall–Kier alpha value is -4.15. The molecule has 4 aromatic rings. The minimum absolute atomic E-state index is 0.0314. The number of sulfonamides is 1. The molecule has 8 nitrogen and oxygen atoms in total. The highest BCUT2D eigenvalue weighted by atomic mass is 79.9. The van der Waals surface area contributed by atoms with Crippen LogP contribution in [0.25, 0.3) is 0 Å². The predicted octanol–water partition coefficient (Wildman–Crippen LogP) is 6.52. The number of hydrogen-bond donors (Lipinski definition) is 1. The Morgan fingerprint density at radius 3 is 2.17 bits per heavy atom. The molecular weight excluding hydrogens is 666 g/mol. The molecule has 4 aromatic carbocycles. The lowest BCUT2D eigenvalue weighted by atomic mass is 10.0. The second-order valence-corrected chi connectivity index (χ2v) is 13.8. The molecule has 4 rings (SSSR count).